The van der Waals surface area contributed by atoms with Crippen molar-refractivity contribution in [2.75, 3.05) is 7.11 Å². The summed E-state index contributed by atoms with van der Waals surface area (Å²) >= 11 is 0. The Morgan fingerprint density at radius 2 is 2.17 bits per heavy atom. The summed E-state index contributed by atoms with van der Waals surface area (Å²) < 4.78 is 10.4. The first-order chi connectivity index (χ1) is 8.56. The van der Waals surface area contributed by atoms with Crippen LogP contribution in [0.5, 0.6) is 5.75 Å². The molecule has 0 amide bonds. The first-order valence-electron chi connectivity index (χ1n) is 6.08. The summed E-state index contributed by atoms with van der Waals surface area (Å²) in [5.41, 5.74) is 0.841. The van der Waals surface area contributed by atoms with Crippen molar-refractivity contribution < 1.29 is 19.4 Å². The molecule has 0 heterocycles. The molecule has 1 aromatic carbocycles. The highest BCUT2D eigenvalue weighted by molar-refractivity contribution is 5.75. The smallest absolute Gasteiger partial charge is 0.335 e. The molecule has 0 aromatic heterocycles. The molecule has 4 nitrogen and oxygen atoms in total. The number of phenols is 1. The molecule has 0 saturated heterocycles. The van der Waals surface area contributed by atoms with Crippen molar-refractivity contribution >= 4 is 5.97 Å². The minimum absolute atomic E-state index is 0.00795. The molecular weight excluding hydrogens is 232 g/mol. The zero-order valence-corrected chi connectivity index (χ0v) is 11.1. The van der Waals surface area contributed by atoms with Crippen molar-refractivity contribution in [3.63, 3.8) is 0 Å². The molecule has 0 spiro atoms. The fourth-order valence-electron chi connectivity index (χ4n) is 1.59. The maximum Gasteiger partial charge on any atom is 0.335 e. The van der Waals surface area contributed by atoms with Crippen LogP contribution in [0.15, 0.2) is 24.3 Å². The van der Waals surface area contributed by atoms with Gasteiger partial charge >= 0.3 is 5.97 Å². The molecule has 100 valence electrons. The third kappa shape index (κ3) is 4.37. The highest BCUT2D eigenvalue weighted by atomic mass is 16.6. The Bertz CT molecular complexity index is 389. The Hall–Kier alpha value is -1.55. The third-order valence-corrected chi connectivity index (χ3v) is 2.77. The van der Waals surface area contributed by atoms with Gasteiger partial charge in [0.15, 0.2) is 6.10 Å². The molecule has 1 aromatic rings. The molecule has 0 aliphatic carbocycles. The lowest BCUT2D eigenvalue weighted by Crippen LogP contribution is -2.31. The number of methoxy groups -OCH3 is 1. The molecular formula is C14H20O4. The lowest BCUT2D eigenvalue weighted by molar-refractivity contribution is -0.157. The lowest BCUT2D eigenvalue weighted by atomic mass is 10.1. The molecule has 1 N–H and O–H groups in total. The third-order valence-electron chi connectivity index (χ3n) is 2.77. The summed E-state index contributed by atoms with van der Waals surface area (Å²) in [6, 6.07) is 6.79. The first kappa shape index (κ1) is 14.5. The van der Waals surface area contributed by atoms with Crippen molar-refractivity contribution in [3.8, 4) is 5.75 Å². The van der Waals surface area contributed by atoms with Crippen LogP contribution in [0, 0.1) is 0 Å². The van der Waals surface area contributed by atoms with Gasteiger partial charge in [-0.3, -0.25) is 0 Å². The number of aromatic hydroxyl groups is 1. The van der Waals surface area contributed by atoms with Crippen molar-refractivity contribution in [2.24, 2.45) is 0 Å². The summed E-state index contributed by atoms with van der Waals surface area (Å²) in [4.78, 5) is 11.6. The number of carbonyl (C=O) groups is 1. The van der Waals surface area contributed by atoms with E-state index in [-0.39, 0.29) is 11.9 Å². The molecule has 0 aliphatic heterocycles. The van der Waals surface area contributed by atoms with E-state index in [1.54, 1.807) is 18.2 Å². The second kappa shape index (κ2) is 7.01. The molecule has 2 atom stereocenters. The first-order valence-corrected chi connectivity index (χ1v) is 6.08. The average Bonchev–Trinajstić information content (AvgIpc) is 2.36. The molecule has 0 aliphatic rings. The molecule has 4 heteroatoms. The van der Waals surface area contributed by atoms with Gasteiger partial charge in [0.1, 0.15) is 5.75 Å². The predicted octanol–water partition coefficient (Wildman–Crippen LogP) is 2.29. The van der Waals surface area contributed by atoms with Gasteiger partial charge in [0.25, 0.3) is 0 Å². The van der Waals surface area contributed by atoms with E-state index in [2.05, 4.69) is 0 Å². The molecule has 0 saturated carbocycles. The summed E-state index contributed by atoms with van der Waals surface area (Å²) in [7, 11) is 1.35. The highest BCUT2D eigenvalue weighted by Crippen LogP contribution is 2.15. The van der Waals surface area contributed by atoms with Crippen LogP contribution >= 0.6 is 0 Å². The number of carbonyl (C=O) groups excluding carboxylic acids is 1. The van der Waals surface area contributed by atoms with Crippen LogP contribution in [0.3, 0.4) is 0 Å². The van der Waals surface area contributed by atoms with Crippen molar-refractivity contribution in [1.29, 1.82) is 0 Å². The molecule has 0 bridgehead atoms. The zero-order chi connectivity index (χ0) is 13.5. The number of rotatable bonds is 6. The zero-order valence-electron chi connectivity index (χ0n) is 11.1. The Morgan fingerprint density at radius 1 is 1.44 bits per heavy atom. The molecule has 0 fully saturated rings. The molecule has 1 rings (SSSR count). The standard InChI is InChI=1S/C14H20O4/c1-4-10(2)18-13(14(16)17-3)9-11-6-5-7-12(15)8-11/h5-8,10,13,15H,4,9H2,1-3H3. The normalized spacial score (nSPS) is 13.9. The quantitative estimate of drug-likeness (QED) is 0.789. The number of benzene rings is 1. The lowest BCUT2D eigenvalue weighted by Gasteiger charge is -2.19. The molecule has 18 heavy (non-hydrogen) atoms. The van der Waals surface area contributed by atoms with E-state index in [1.165, 1.54) is 7.11 Å². The minimum Gasteiger partial charge on any atom is -0.508 e. The topological polar surface area (TPSA) is 55.8 Å². The van der Waals surface area contributed by atoms with Gasteiger partial charge in [0.05, 0.1) is 13.2 Å². The summed E-state index contributed by atoms with van der Waals surface area (Å²) in [6.45, 7) is 3.91. The maximum absolute atomic E-state index is 11.6. The van der Waals surface area contributed by atoms with Gasteiger partial charge in [-0.2, -0.15) is 0 Å². The largest absolute Gasteiger partial charge is 0.508 e. The van der Waals surface area contributed by atoms with Crippen molar-refractivity contribution in [3.05, 3.63) is 29.8 Å². The summed E-state index contributed by atoms with van der Waals surface area (Å²) in [6.07, 6.45) is 0.581. The van der Waals surface area contributed by atoms with Gasteiger partial charge in [-0.1, -0.05) is 19.1 Å². The van der Waals surface area contributed by atoms with Crippen LogP contribution in [0.25, 0.3) is 0 Å². The molecule has 2 unspecified atom stereocenters. The fourth-order valence-corrected chi connectivity index (χ4v) is 1.59. The highest BCUT2D eigenvalue weighted by Gasteiger charge is 2.22. The number of ether oxygens (including phenoxy) is 2. The summed E-state index contributed by atoms with van der Waals surface area (Å²) in [5.74, 6) is -0.210. The number of phenolic OH excluding ortho intramolecular Hbond substituents is 1. The maximum atomic E-state index is 11.6. The van der Waals surface area contributed by atoms with Crippen LogP contribution in [0.4, 0.5) is 0 Å². The van der Waals surface area contributed by atoms with Crippen LogP contribution in [0.2, 0.25) is 0 Å². The van der Waals surface area contributed by atoms with Gasteiger partial charge in [-0.25, -0.2) is 4.79 Å². The Morgan fingerprint density at radius 3 is 2.72 bits per heavy atom. The SMILES string of the molecule is CCC(C)OC(Cc1cccc(O)c1)C(=O)OC. The second-order valence-electron chi connectivity index (χ2n) is 4.24. The Kier molecular flexibility index (Phi) is 5.65. The van der Waals surface area contributed by atoms with E-state index in [1.807, 2.05) is 19.9 Å². The van der Waals surface area contributed by atoms with Crippen LogP contribution < -0.4 is 0 Å². The van der Waals surface area contributed by atoms with E-state index in [0.717, 1.165) is 12.0 Å². The average molecular weight is 252 g/mol. The molecule has 0 radical (unpaired) electrons. The van der Waals surface area contributed by atoms with Gasteiger partial charge in [0, 0.05) is 6.42 Å². The summed E-state index contributed by atoms with van der Waals surface area (Å²) in [5, 5.41) is 9.39. The van der Waals surface area contributed by atoms with Crippen LogP contribution in [-0.4, -0.2) is 30.4 Å². The van der Waals surface area contributed by atoms with Gasteiger partial charge in [-0.15, -0.1) is 0 Å². The van der Waals surface area contributed by atoms with Crippen molar-refractivity contribution in [2.45, 2.75) is 38.9 Å². The number of hydrogen-bond acceptors (Lipinski definition) is 4. The van der Waals surface area contributed by atoms with E-state index in [4.69, 9.17) is 9.47 Å². The van der Waals surface area contributed by atoms with E-state index in [0.29, 0.717) is 6.42 Å². The minimum atomic E-state index is -0.633. The van der Waals surface area contributed by atoms with Crippen LogP contribution in [-0.2, 0) is 20.7 Å². The van der Waals surface area contributed by atoms with E-state index in [9.17, 15) is 9.90 Å². The predicted molar refractivity (Wildman–Crippen MR) is 68.5 cm³/mol. The van der Waals surface area contributed by atoms with Gasteiger partial charge in [-0.05, 0) is 31.0 Å². The van der Waals surface area contributed by atoms with E-state index >= 15 is 0 Å². The van der Waals surface area contributed by atoms with Crippen molar-refractivity contribution in [1.82, 2.24) is 0 Å². The number of hydrogen-bond donors (Lipinski definition) is 1. The van der Waals surface area contributed by atoms with E-state index < -0.39 is 12.1 Å². The van der Waals surface area contributed by atoms with Crippen LogP contribution in [0.1, 0.15) is 25.8 Å². The fraction of sp³-hybridized carbons (Fsp3) is 0.500. The monoisotopic (exact) mass is 252 g/mol. The Labute approximate surface area is 108 Å². The second-order valence-corrected chi connectivity index (χ2v) is 4.24. The van der Waals surface area contributed by atoms with Gasteiger partial charge in [0.2, 0.25) is 0 Å². The van der Waals surface area contributed by atoms with Gasteiger partial charge < -0.3 is 14.6 Å². The Balaban J connectivity index is 2.75. The number of esters is 1.